The summed E-state index contributed by atoms with van der Waals surface area (Å²) in [6.45, 7) is 4.35. The molecule has 2 rings (SSSR count). The Balaban J connectivity index is 1.93. The molecule has 106 valence electrons. The maximum absolute atomic E-state index is 6.03. The third-order valence-electron chi connectivity index (χ3n) is 3.34. The highest BCUT2D eigenvalue weighted by molar-refractivity contribution is 6.30. The number of rotatable bonds is 5. The highest BCUT2D eigenvalue weighted by atomic mass is 35.5. The topological polar surface area (TPSA) is 12.0 Å². The van der Waals surface area contributed by atoms with Crippen molar-refractivity contribution in [3.63, 3.8) is 0 Å². The van der Waals surface area contributed by atoms with Crippen molar-refractivity contribution >= 4 is 23.2 Å². The molecule has 1 N–H and O–H groups in total. The van der Waals surface area contributed by atoms with Gasteiger partial charge in [-0.05, 0) is 55.7 Å². The lowest BCUT2D eigenvalue weighted by Gasteiger charge is -2.20. The average Bonchev–Trinajstić information content (AvgIpc) is 2.41. The van der Waals surface area contributed by atoms with E-state index in [0.717, 1.165) is 16.5 Å². The number of hydrogen-bond donors (Lipinski definition) is 1. The first-order valence-electron chi connectivity index (χ1n) is 6.80. The monoisotopic (exact) mass is 307 g/mol. The summed E-state index contributed by atoms with van der Waals surface area (Å²) in [7, 11) is 0. The van der Waals surface area contributed by atoms with Crippen molar-refractivity contribution < 1.29 is 0 Å². The molecule has 2 unspecified atom stereocenters. The molecule has 0 aromatic heterocycles. The van der Waals surface area contributed by atoms with Crippen LogP contribution in [0.4, 0.5) is 0 Å². The molecule has 0 radical (unpaired) electrons. The van der Waals surface area contributed by atoms with Gasteiger partial charge >= 0.3 is 0 Å². The van der Waals surface area contributed by atoms with E-state index in [1.165, 1.54) is 11.1 Å². The minimum absolute atomic E-state index is 0.274. The predicted molar refractivity (Wildman–Crippen MR) is 87.6 cm³/mol. The molecule has 0 aliphatic rings. The van der Waals surface area contributed by atoms with Gasteiger partial charge in [-0.3, -0.25) is 0 Å². The zero-order valence-electron chi connectivity index (χ0n) is 11.7. The Kier molecular flexibility index (Phi) is 5.47. The van der Waals surface area contributed by atoms with Gasteiger partial charge < -0.3 is 5.32 Å². The zero-order chi connectivity index (χ0) is 14.5. The van der Waals surface area contributed by atoms with E-state index in [1.807, 2.05) is 30.3 Å². The fourth-order valence-electron chi connectivity index (χ4n) is 2.33. The number of nitrogens with one attached hydrogen (secondary N) is 1. The number of hydrogen-bond acceptors (Lipinski definition) is 1. The molecule has 0 aliphatic heterocycles. The van der Waals surface area contributed by atoms with Crippen molar-refractivity contribution in [3.05, 3.63) is 69.7 Å². The van der Waals surface area contributed by atoms with Crippen molar-refractivity contribution in [1.82, 2.24) is 5.32 Å². The molecule has 2 aromatic rings. The van der Waals surface area contributed by atoms with E-state index in [9.17, 15) is 0 Å². The van der Waals surface area contributed by atoms with Gasteiger partial charge in [-0.15, -0.1) is 0 Å². The molecule has 0 spiro atoms. The smallest absolute Gasteiger partial charge is 0.0409 e. The Bertz CT molecular complexity index is 551. The number of halogens is 2. The van der Waals surface area contributed by atoms with Crippen molar-refractivity contribution in [3.8, 4) is 0 Å². The maximum atomic E-state index is 6.03. The Labute approximate surface area is 130 Å². The van der Waals surface area contributed by atoms with Gasteiger partial charge in [0.1, 0.15) is 0 Å². The largest absolute Gasteiger partial charge is 0.307 e. The molecule has 0 aliphatic carbocycles. The van der Waals surface area contributed by atoms with Crippen LogP contribution in [0.25, 0.3) is 0 Å². The molecule has 0 heterocycles. The summed E-state index contributed by atoms with van der Waals surface area (Å²) >= 11 is 11.9. The minimum atomic E-state index is 0.274. The van der Waals surface area contributed by atoms with Crippen LogP contribution < -0.4 is 5.32 Å². The van der Waals surface area contributed by atoms with Gasteiger partial charge in [0.05, 0.1) is 0 Å². The van der Waals surface area contributed by atoms with Crippen molar-refractivity contribution in [2.24, 2.45) is 0 Å². The summed E-state index contributed by atoms with van der Waals surface area (Å²) in [5.74, 6) is 0. The van der Waals surface area contributed by atoms with Gasteiger partial charge in [-0.1, -0.05) is 47.5 Å². The molecule has 0 fully saturated rings. The maximum Gasteiger partial charge on any atom is 0.0409 e. The molecule has 3 heteroatoms. The van der Waals surface area contributed by atoms with Gasteiger partial charge in [-0.25, -0.2) is 0 Å². The standard InChI is InChI=1S/C17H19Cl2N/c1-12(10-14-6-8-16(18)9-7-14)20-13(2)15-4-3-5-17(19)11-15/h3-9,11-13,20H,10H2,1-2H3. The van der Waals surface area contributed by atoms with Gasteiger partial charge in [0.25, 0.3) is 0 Å². The molecule has 0 bridgehead atoms. The first kappa shape index (κ1) is 15.4. The molecule has 2 atom stereocenters. The molecule has 1 nitrogen and oxygen atoms in total. The fraction of sp³-hybridized carbons (Fsp3) is 0.294. The molecule has 20 heavy (non-hydrogen) atoms. The van der Waals surface area contributed by atoms with E-state index < -0.39 is 0 Å². The quantitative estimate of drug-likeness (QED) is 0.793. The Hall–Kier alpha value is -1.02. The second-order valence-corrected chi connectivity index (χ2v) is 6.05. The first-order chi connectivity index (χ1) is 9.54. The zero-order valence-corrected chi connectivity index (χ0v) is 13.2. The molecular weight excluding hydrogens is 289 g/mol. The Morgan fingerprint density at radius 2 is 1.65 bits per heavy atom. The summed E-state index contributed by atoms with van der Waals surface area (Å²) in [6, 6.07) is 16.7. The van der Waals surface area contributed by atoms with Crippen LogP contribution in [-0.4, -0.2) is 6.04 Å². The lowest BCUT2D eigenvalue weighted by atomic mass is 10.0. The Morgan fingerprint density at radius 1 is 0.950 bits per heavy atom. The second-order valence-electron chi connectivity index (χ2n) is 5.17. The van der Waals surface area contributed by atoms with Crippen LogP contribution in [-0.2, 0) is 6.42 Å². The lowest BCUT2D eigenvalue weighted by molar-refractivity contribution is 0.477. The van der Waals surface area contributed by atoms with E-state index in [4.69, 9.17) is 23.2 Å². The summed E-state index contributed by atoms with van der Waals surface area (Å²) in [5.41, 5.74) is 2.49. The highest BCUT2D eigenvalue weighted by Crippen LogP contribution is 2.18. The van der Waals surface area contributed by atoms with Gasteiger partial charge in [0.15, 0.2) is 0 Å². The molecule has 0 saturated carbocycles. The van der Waals surface area contributed by atoms with Crippen LogP contribution in [0.15, 0.2) is 48.5 Å². The van der Waals surface area contributed by atoms with Crippen LogP contribution in [0, 0.1) is 0 Å². The highest BCUT2D eigenvalue weighted by Gasteiger charge is 2.10. The molecule has 0 amide bonds. The van der Waals surface area contributed by atoms with Crippen LogP contribution in [0.2, 0.25) is 10.0 Å². The van der Waals surface area contributed by atoms with Crippen LogP contribution in [0.5, 0.6) is 0 Å². The molecule has 2 aromatic carbocycles. The number of benzene rings is 2. The third-order valence-corrected chi connectivity index (χ3v) is 3.83. The normalized spacial score (nSPS) is 14.0. The Morgan fingerprint density at radius 3 is 2.30 bits per heavy atom. The first-order valence-corrected chi connectivity index (χ1v) is 7.56. The van der Waals surface area contributed by atoms with Crippen molar-refractivity contribution in [1.29, 1.82) is 0 Å². The third kappa shape index (κ3) is 4.52. The van der Waals surface area contributed by atoms with E-state index in [-0.39, 0.29) is 6.04 Å². The van der Waals surface area contributed by atoms with Crippen molar-refractivity contribution in [2.45, 2.75) is 32.4 Å². The van der Waals surface area contributed by atoms with Gasteiger partial charge in [0, 0.05) is 22.1 Å². The van der Waals surface area contributed by atoms with E-state index in [0.29, 0.717) is 6.04 Å². The predicted octanol–water partition coefficient (Wildman–Crippen LogP) is 5.28. The SMILES string of the molecule is CC(Cc1ccc(Cl)cc1)NC(C)c1cccc(Cl)c1. The minimum Gasteiger partial charge on any atom is -0.307 e. The molecular formula is C17H19Cl2N. The summed E-state index contributed by atoms with van der Waals surface area (Å²) < 4.78 is 0. The fourth-order valence-corrected chi connectivity index (χ4v) is 2.66. The second kappa shape index (κ2) is 7.12. The lowest BCUT2D eigenvalue weighted by Crippen LogP contribution is -2.30. The summed E-state index contributed by atoms with van der Waals surface area (Å²) in [4.78, 5) is 0. The molecule has 0 saturated heterocycles. The van der Waals surface area contributed by atoms with Crippen LogP contribution >= 0.6 is 23.2 Å². The van der Waals surface area contributed by atoms with Gasteiger partial charge in [-0.2, -0.15) is 0 Å². The van der Waals surface area contributed by atoms with Crippen LogP contribution in [0.1, 0.15) is 31.0 Å². The average molecular weight is 308 g/mol. The van der Waals surface area contributed by atoms with E-state index in [1.54, 1.807) is 0 Å². The van der Waals surface area contributed by atoms with Crippen molar-refractivity contribution in [2.75, 3.05) is 0 Å². The van der Waals surface area contributed by atoms with Gasteiger partial charge in [0.2, 0.25) is 0 Å². The van der Waals surface area contributed by atoms with E-state index >= 15 is 0 Å². The summed E-state index contributed by atoms with van der Waals surface area (Å²) in [6.07, 6.45) is 0.974. The summed E-state index contributed by atoms with van der Waals surface area (Å²) in [5, 5.41) is 5.15. The van der Waals surface area contributed by atoms with E-state index in [2.05, 4.69) is 37.4 Å². The van der Waals surface area contributed by atoms with Crippen LogP contribution in [0.3, 0.4) is 0 Å².